The van der Waals surface area contributed by atoms with Crippen LogP contribution in [-0.2, 0) is 0 Å². The summed E-state index contributed by atoms with van der Waals surface area (Å²) in [6, 6.07) is 11.4. The van der Waals surface area contributed by atoms with Crippen LogP contribution in [-0.4, -0.2) is 21.6 Å². The minimum atomic E-state index is -0.799. The number of aromatic nitrogens is 2. The van der Waals surface area contributed by atoms with E-state index in [0.29, 0.717) is 27.3 Å². The normalized spacial score (nSPS) is 12.3. The highest BCUT2D eigenvalue weighted by Gasteiger charge is 2.12. The SMILES string of the molecule is OC(CNc1ncnc2ccc(F)cc12)c1ccccc1Cl. The molecule has 22 heavy (non-hydrogen) atoms. The Morgan fingerprint density at radius 1 is 1.18 bits per heavy atom. The average Bonchev–Trinajstić information content (AvgIpc) is 2.53. The molecule has 2 aromatic carbocycles. The van der Waals surface area contributed by atoms with Crippen molar-refractivity contribution in [2.75, 3.05) is 11.9 Å². The molecule has 0 aliphatic heterocycles. The number of anilines is 1. The Labute approximate surface area is 131 Å². The van der Waals surface area contributed by atoms with Crippen molar-refractivity contribution in [3.63, 3.8) is 0 Å². The average molecular weight is 318 g/mol. The monoisotopic (exact) mass is 317 g/mol. The largest absolute Gasteiger partial charge is 0.387 e. The Morgan fingerprint density at radius 2 is 2.00 bits per heavy atom. The van der Waals surface area contributed by atoms with Crippen molar-refractivity contribution < 1.29 is 9.50 Å². The fourth-order valence-corrected chi connectivity index (χ4v) is 2.48. The summed E-state index contributed by atoms with van der Waals surface area (Å²) in [5.41, 5.74) is 1.26. The van der Waals surface area contributed by atoms with Gasteiger partial charge >= 0.3 is 0 Å². The molecule has 1 heterocycles. The Balaban J connectivity index is 1.82. The van der Waals surface area contributed by atoms with Crippen LogP contribution in [0.15, 0.2) is 48.8 Å². The number of aliphatic hydroxyl groups excluding tert-OH is 1. The molecule has 4 nitrogen and oxygen atoms in total. The summed E-state index contributed by atoms with van der Waals surface area (Å²) >= 11 is 6.05. The van der Waals surface area contributed by atoms with E-state index in [1.165, 1.54) is 18.5 Å². The number of hydrogen-bond donors (Lipinski definition) is 2. The van der Waals surface area contributed by atoms with E-state index in [2.05, 4.69) is 15.3 Å². The van der Waals surface area contributed by atoms with Gasteiger partial charge in [-0.15, -0.1) is 0 Å². The number of aliphatic hydroxyl groups is 1. The molecular formula is C16H13ClFN3O. The quantitative estimate of drug-likeness (QED) is 0.772. The van der Waals surface area contributed by atoms with Gasteiger partial charge < -0.3 is 10.4 Å². The summed E-state index contributed by atoms with van der Waals surface area (Å²) in [4.78, 5) is 8.18. The van der Waals surface area contributed by atoms with Crippen molar-refractivity contribution in [2.24, 2.45) is 0 Å². The summed E-state index contributed by atoms with van der Waals surface area (Å²) < 4.78 is 13.4. The van der Waals surface area contributed by atoms with Crippen LogP contribution in [0.25, 0.3) is 10.9 Å². The molecule has 0 saturated heterocycles. The second-order valence-corrected chi connectivity index (χ2v) is 5.21. The highest BCUT2D eigenvalue weighted by molar-refractivity contribution is 6.31. The van der Waals surface area contributed by atoms with Gasteiger partial charge in [0.2, 0.25) is 0 Å². The predicted molar refractivity (Wildman–Crippen MR) is 84.4 cm³/mol. The van der Waals surface area contributed by atoms with Gasteiger partial charge in [0.25, 0.3) is 0 Å². The minimum absolute atomic E-state index is 0.201. The minimum Gasteiger partial charge on any atom is -0.387 e. The molecule has 0 amide bonds. The lowest BCUT2D eigenvalue weighted by Gasteiger charge is -2.14. The van der Waals surface area contributed by atoms with Crippen molar-refractivity contribution in [1.82, 2.24) is 9.97 Å². The first-order valence-corrected chi connectivity index (χ1v) is 7.09. The molecule has 6 heteroatoms. The Morgan fingerprint density at radius 3 is 2.82 bits per heavy atom. The molecule has 0 radical (unpaired) electrons. The van der Waals surface area contributed by atoms with E-state index in [-0.39, 0.29) is 12.4 Å². The van der Waals surface area contributed by atoms with Gasteiger partial charge in [0.1, 0.15) is 18.0 Å². The van der Waals surface area contributed by atoms with Gasteiger partial charge in [0.05, 0.1) is 11.6 Å². The molecule has 1 atom stereocenters. The maximum atomic E-state index is 13.4. The molecule has 0 saturated carbocycles. The van der Waals surface area contributed by atoms with Gasteiger partial charge in [0, 0.05) is 22.5 Å². The molecule has 0 aliphatic carbocycles. The highest BCUT2D eigenvalue weighted by atomic mass is 35.5. The highest BCUT2D eigenvalue weighted by Crippen LogP contribution is 2.24. The second-order valence-electron chi connectivity index (χ2n) is 4.80. The molecule has 1 aromatic heterocycles. The van der Waals surface area contributed by atoms with Crippen molar-refractivity contribution in [1.29, 1.82) is 0 Å². The Kier molecular flexibility index (Phi) is 4.18. The van der Waals surface area contributed by atoms with Gasteiger partial charge in [0.15, 0.2) is 0 Å². The van der Waals surface area contributed by atoms with Crippen molar-refractivity contribution in [2.45, 2.75) is 6.10 Å². The van der Waals surface area contributed by atoms with Crippen LogP contribution in [0.1, 0.15) is 11.7 Å². The van der Waals surface area contributed by atoms with E-state index in [1.54, 1.807) is 30.3 Å². The molecule has 2 N–H and O–H groups in total. The topological polar surface area (TPSA) is 58.0 Å². The van der Waals surface area contributed by atoms with E-state index in [1.807, 2.05) is 0 Å². The predicted octanol–water partition coefficient (Wildman–Crippen LogP) is 3.57. The first-order chi connectivity index (χ1) is 10.6. The van der Waals surface area contributed by atoms with Gasteiger partial charge in [-0.3, -0.25) is 0 Å². The van der Waals surface area contributed by atoms with E-state index >= 15 is 0 Å². The standard InChI is InChI=1S/C16H13ClFN3O/c17-13-4-2-1-3-11(13)15(22)8-19-16-12-7-10(18)5-6-14(12)20-9-21-16/h1-7,9,15,22H,8H2,(H,19,20,21). The molecule has 0 fully saturated rings. The summed E-state index contributed by atoms with van der Waals surface area (Å²) in [5.74, 6) is 0.104. The zero-order valence-electron chi connectivity index (χ0n) is 11.5. The molecule has 1 unspecified atom stereocenters. The van der Waals surface area contributed by atoms with Gasteiger partial charge in [-0.25, -0.2) is 14.4 Å². The summed E-state index contributed by atoms with van der Waals surface area (Å²) in [5, 5.41) is 14.3. The van der Waals surface area contributed by atoms with Crippen LogP contribution >= 0.6 is 11.6 Å². The first kappa shape index (κ1) is 14.7. The fraction of sp³-hybridized carbons (Fsp3) is 0.125. The maximum Gasteiger partial charge on any atom is 0.137 e. The van der Waals surface area contributed by atoms with Crippen LogP contribution in [0.3, 0.4) is 0 Å². The van der Waals surface area contributed by atoms with Gasteiger partial charge in [-0.1, -0.05) is 29.8 Å². The van der Waals surface area contributed by atoms with Crippen LogP contribution < -0.4 is 5.32 Å². The molecule has 0 aliphatic rings. The van der Waals surface area contributed by atoms with E-state index in [4.69, 9.17) is 11.6 Å². The third-order valence-corrected chi connectivity index (χ3v) is 3.67. The number of halogens is 2. The van der Waals surface area contributed by atoms with Crippen molar-refractivity contribution in [3.05, 3.63) is 65.2 Å². The van der Waals surface area contributed by atoms with E-state index < -0.39 is 6.10 Å². The molecule has 0 spiro atoms. The first-order valence-electron chi connectivity index (χ1n) is 6.72. The molecular weight excluding hydrogens is 305 g/mol. The zero-order valence-corrected chi connectivity index (χ0v) is 12.3. The van der Waals surface area contributed by atoms with Crippen molar-refractivity contribution in [3.8, 4) is 0 Å². The molecule has 3 aromatic rings. The van der Waals surface area contributed by atoms with Gasteiger partial charge in [-0.2, -0.15) is 0 Å². The summed E-state index contributed by atoms with van der Waals surface area (Å²) in [6.07, 6.45) is 0.594. The maximum absolute atomic E-state index is 13.4. The number of hydrogen-bond acceptors (Lipinski definition) is 4. The molecule has 112 valence electrons. The lowest BCUT2D eigenvalue weighted by atomic mass is 10.1. The second kappa shape index (κ2) is 6.25. The van der Waals surface area contributed by atoms with E-state index in [9.17, 15) is 9.50 Å². The summed E-state index contributed by atoms with van der Waals surface area (Å²) in [7, 11) is 0. The number of fused-ring (bicyclic) bond motifs is 1. The third kappa shape index (κ3) is 3.00. The van der Waals surface area contributed by atoms with Crippen LogP contribution in [0.2, 0.25) is 5.02 Å². The van der Waals surface area contributed by atoms with E-state index in [0.717, 1.165) is 0 Å². The third-order valence-electron chi connectivity index (χ3n) is 3.32. The smallest absolute Gasteiger partial charge is 0.137 e. The van der Waals surface area contributed by atoms with Gasteiger partial charge in [-0.05, 0) is 24.3 Å². The fourth-order valence-electron chi connectivity index (χ4n) is 2.22. The Hall–Kier alpha value is -2.24. The van der Waals surface area contributed by atoms with Crippen LogP contribution in [0.4, 0.5) is 10.2 Å². The summed E-state index contributed by atoms with van der Waals surface area (Å²) in [6.45, 7) is 0.201. The van der Waals surface area contributed by atoms with Crippen LogP contribution in [0, 0.1) is 5.82 Å². The number of rotatable bonds is 4. The molecule has 0 bridgehead atoms. The number of nitrogens with zero attached hydrogens (tertiary/aromatic N) is 2. The lowest BCUT2D eigenvalue weighted by Crippen LogP contribution is -2.13. The Bertz CT molecular complexity index is 812. The number of nitrogens with one attached hydrogen (secondary N) is 1. The lowest BCUT2D eigenvalue weighted by molar-refractivity contribution is 0.191. The molecule has 3 rings (SSSR count). The van der Waals surface area contributed by atoms with Crippen LogP contribution in [0.5, 0.6) is 0 Å². The zero-order chi connectivity index (χ0) is 15.5. The number of benzene rings is 2. The van der Waals surface area contributed by atoms with Crippen molar-refractivity contribution >= 4 is 28.3 Å².